The van der Waals surface area contributed by atoms with Gasteiger partial charge >= 0.3 is 5.69 Å². The fourth-order valence-corrected chi connectivity index (χ4v) is 3.51. The van der Waals surface area contributed by atoms with E-state index in [9.17, 15) is 9.90 Å². The van der Waals surface area contributed by atoms with Crippen LogP contribution in [0.4, 0.5) is 5.95 Å². The summed E-state index contributed by atoms with van der Waals surface area (Å²) in [6.07, 6.45) is 5.21. The Morgan fingerprint density at radius 1 is 1.35 bits per heavy atom. The number of anilines is 1. The number of benzene rings is 1. The number of halogens is 1. The number of nitrogens with one attached hydrogen (secondary N) is 3. The molecule has 5 rings (SSSR count). The molecule has 11 heteroatoms. The maximum atomic E-state index is 11.4. The molecule has 158 valence electrons. The number of aromatic nitrogens is 6. The molecule has 0 saturated heterocycles. The molecule has 1 saturated carbocycles. The minimum Gasteiger partial charge on any atom is -0.493 e. The smallest absolute Gasteiger partial charge is 0.326 e. The van der Waals surface area contributed by atoms with E-state index in [2.05, 4.69) is 35.3 Å². The molecule has 0 aliphatic heterocycles. The van der Waals surface area contributed by atoms with Gasteiger partial charge in [-0.1, -0.05) is 23.7 Å². The van der Waals surface area contributed by atoms with Gasteiger partial charge in [0, 0.05) is 16.8 Å². The van der Waals surface area contributed by atoms with Gasteiger partial charge in [-0.2, -0.15) is 19.6 Å². The molecule has 0 amide bonds. The zero-order chi connectivity index (χ0) is 21.5. The summed E-state index contributed by atoms with van der Waals surface area (Å²) in [7, 11) is 0. The van der Waals surface area contributed by atoms with Gasteiger partial charge in [0.1, 0.15) is 5.69 Å². The van der Waals surface area contributed by atoms with Gasteiger partial charge in [-0.25, -0.2) is 9.79 Å². The molecule has 0 radical (unpaired) electrons. The second-order valence-electron chi connectivity index (χ2n) is 7.42. The van der Waals surface area contributed by atoms with Crippen LogP contribution in [0.1, 0.15) is 29.7 Å². The van der Waals surface area contributed by atoms with Crippen LogP contribution in [0.3, 0.4) is 0 Å². The van der Waals surface area contributed by atoms with Crippen molar-refractivity contribution in [2.75, 3.05) is 5.32 Å². The third kappa shape index (κ3) is 3.89. The first kappa shape index (κ1) is 19.3. The molecule has 1 aliphatic carbocycles. The number of aryl methyl sites for hydroxylation is 1. The largest absolute Gasteiger partial charge is 0.493 e. The van der Waals surface area contributed by atoms with Crippen LogP contribution in [0.15, 0.2) is 34.2 Å². The fraction of sp³-hybridized carbons (Fsp3) is 0.250. The molecule has 0 atom stereocenters. The summed E-state index contributed by atoms with van der Waals surface area (Å²) in [6, 6.07) is 5.98. The lowest BCUT2D eigenvalue weighted by molar-refractivity contribution is 0.454. The van der Waals surface area contributed by atoms with Crippen molar-refractivity contribution in [2.24, 2.45) is 4.99 Å². The third-order valence-electron chi connectivity index (χ3n) is 5.03. The molecule has 1 aliphatic rings. The van der Waals surface area contributed by atoms with E-state index in [4.69, 9.17) is 11.6 Å². The van der Waals surface area contributed by atoms with Crippen molar-refractivity contribution in [3.8, 4) is 5.88 Å². The van der Waals surface area contributed by atoms with Crippen LogP contribution in [-0.4, -0.2) is 40.7 Å². The van der Waals surface area contributed by atoms with Gasteiger partial charge in [-0.3, -0.25) is 4.98 Å². The van der Waals surface area contributed by atoms with E-state index in [1.807, 2.05) is 25.1 Å². The highest BCUT2D eigenvalue weighted by Gasteiger charge is 2.21. The second kappa shape index (κ2) is 7.55. The molecule has 1 aromatic carbocycles. The first-order valence-electron chi connectivity index (χ1n) is 9.78. The first-order valence-corrected chi connectivity index (χ1v) is 10.2. The quantitative estimate of drug-likeness (QED) is 0.367. The first-order chi connectivity index (χ1) is 15.0. The normalized spacial score (nSPS) is 15.2. The van der Waals surface area contributed by atoms with Crippen molar-refractivity contribution in [3.63, 3.8) is 0 Å². The summed E-state index contributed by atoms with van der Waals surface area (Å²) in [5, 5.41) is 18.7. The van der Waals surface area contributed by atoms with Gasteiger partial charge < -0.3 is 15.4 Å². The minimum absolute atomic E-state index is 0.235. The average molecular weight is 439 g/mol. The van der Waals surface area contributed by atoms with Crippen LogP contribution >= 0.6 is 11.6 Å². The summed E-state index contributed by atoms with van der Waals surface area (Å²) >= 11 is 6.34. The van der Waals surface area contributed by atoms with Crippen molar-refractivity contribution >= 4 is 29.3 Å². The third-order valence-corrected chi connectivity index (χ3v) is 5.39. The number of rotatable bonds is 5. The fourth-order valence-electron chi connectivity index (χ4n) is 3.22. The lowest BCUT2D eigenvalue weighted by Gasteiger charge is -2.09. The van der Waals surface area contributed by atoms with E-state index >= 15 is 0 Å². The summed E-state index contributed by atoms with van der Waals surface area (Å²) in [4.78, 5) is 30.0. The monoisotopic (exact) mass is 438 g/mol. The molecule has 4 aromatic rings. The maximum absolute atomic E-state index is 11.4. The van der Waals surface area contributed by atoms with E-state index in [1.165, 1.54) is 0 Å². The Labute approximate surface area is 180 Å². The highest BCUT2D eigenvalue weighted by molar-refractivity contribution is 6.31. The van der Waals surface area contributed by atoms with Crippen molar-refractivity contribution in [2.45, 2.75) is 32.4 Å². The lowest BCUT2D eigenvalue weighted by atomic mass is 10.1. The molecule has 1 fully saturated rings. The van der Waals surface area contributed by atoms with Crippen LogP contribution in [0.25, 0.3) is 11.7 Å². The predicted molar refractivity (Wildman–Crippen MR) is 115 cm³/mol. The SMILES string of the molecule is Cc1cccc(Cl)c1CNc1nc(=NC2CC2)n2ncc(=Cc3[nH]c(=O)[nH]c3O)c2n1. The predicted octanol–water partition coefficient (Wildman–Crippen LogP) is 1.03. The highest BCUT2D eigenvalue weighted by atomic mass is 35.5. The number of nitrogens with zero attached hydrogens (tertiary/aromatic N) is 5. The van der Waals surface area contributed by atoms with Crippen molar-refractivity contribution < 1.29 is 5.11 Å². The number of hydrogen-bond acceptors (Lipinski definition) is 7. The van der Waals surface area contributed by atoms with Gasteiger partial charge in [0.2, 0.25) is 11.8 Å². The zero-order valence-corrected chi connectivity index (χ0v) is 17.3. The topological polar surface area (TPSA) is 136 Å². The van der Waals surface area contributed by atoms with Gasteiger partial charge in [0.05, 0.1) is 12.2 Å². The molecular formula is C20H19ClN8O2. The van der Waals surface area contributed by atoms with Gasteiger partial charge in [0.15, 0.2) is 5.65 Å². The van der Waals surface area contributed by atoms with Crippen molar-refractivity contribution in [1.29, 1.82) is 0 Å². The summed E-state index contributed by atoms with van der Waals surface area (Å²) in [6.45, 7) is 2.44. The molecule has 0 bridgehead atoms. The van der Waals surface area contributed by atoms with E-state index in [0.717, 1.165) is 24.0 Å². The van der Waals surface area contributed by atoms with Gasteiger partial charge in [-0.05, 0) is 43.0 Å². The number of hydrogen-bond donors (Lipinski definition) is 4. The maximum Gasteiger partial charge on any atom is 0.326 e. The van der Waals surface area contributed by atoms with E-state index in [0.29, 0.717) is 34.0 Å². The van der Waals surface area contributed by atoms with Crippen LogP contribution < -0.4 is 21.8 Å². The molecule has 10 nitrogen and oxygen atoms in total. The van der Waals surface area contributed by atoms with E-state index < -0.39 is 5.69 Å². The van der Waals surface area contributed by atoms with Crippen LogP contribution in [0.5, 0.6) is 5.88 Å². The molecule has 3 aromatic heterocycles. The highest BCUT2D eigenvalue weighted by Crippen LogP contribution is 2.22. The standard InChI is InChI=1S/C20H19ClN8O2/c1-10-3-2-4-14(21)13(10)9-22-18-26-16-11(7-15-17(30)27-20(31)25-15)8-23-29(16)19(28-18)24-12-5-6-12/h2-4,7-8,12,30H,5-6,9H2,1H3,(H,22,24,28)(H2,25,27,31). The summed E-state index contributed by atoms with van der Waals surface area (Å²) < 4.78 is 1.55. The number of imidazole rings is 1. The molecule has 31 heavy (non-hydrogen) atoms. The number of fused-ring (bicyclic) bond motifs is 1. The van der Waals surface area contributed by atoms with Crippen LogP contribution in [0.2, 0.25) is 5.02 Å². The van der Waals surface area contributed by atoms with Crippen molar-refractivity contribution in [3.05, 3.63) is 67.6 Å². The van der Waals surface area contributed by atoms with Gasteiger partial charge in [-0.15, -0.1) is 0 Å². The summed E-state index contributed by atoms with van der Waals surface area (Å²) in [5.41, 5.74) is 2.70. The molecular weight excluding hydrogens is 420 g/mol. The van der Waals surface area contributed by atoms with E-state index in [-0.39, 0.29) is 17.6 Å². The molecule has 0 unspecified atom stereocenters. The Morgan fingerprint density at radius 2 is 2.19 bits per heavy atom. The van der Waals surface area contributed by atoms with Crippen molar-refractivity contribution in [1.82, 2.24) is 29.5 Å². The Balaban J connectivity index is 1.60. The van der Waals surface area contributed by atoms with Crippen LogP contribution in [0, 0.1) is 6.92 Å². The number of aromatic hydroxyl groups is 1. The Morgan fingerprint density at radius 3 is 2.90 bits per heavy atom. The average Bonchev–Trinajstić information content (AvgIpc) is 3.36. The Hall–Kier alpha value is -3.66. The summed E-state index contributed by atoms with van der Waals surface area (Å²) in [5.74, 6) is 0.127. The Bertz CT molecular complexity index is 1440. The molecule has 3 heterocycles. The minimum atomic E-state index is -0.503. The number of aromatic amines is 2. The zero-order valence-electron chi connectivity index (χ0n) is 16.6. The van der Waals surface area contributed by atoms with Gasteiger partial charge in [0.25, 0.3) is 5.62 Å². The number of H-pyrrole nitrogens is 2. The second-order valence-corrected chi connectivity index (χ2v) is 7.82. The van der Waals surface area contributed by atoms with E-state index in [1.54, 1.807) is 16.8 Å². The van der Waals surface area contributed by atoms with Crippen LogP contribution in [-0.2, 0) is 6.54 Å². The molecule has 0 spiro atoms. The Kier molecular flexibility index (Phi) is 4.70. The lowest BCUT2D eigenvalue weighted by Crippen LogP contribution is -2.24. The molecule has 4 N–H and O–H groups in total.